The van der Waals surface area contributed by atoms with Crippen molar-refractivity contribution in [2.45, 2.75) is 26.8 Å². The van der Waals surface area contributed by atoms with E-state index in [1.807, 2.05) is 18.7 Å². The molecule has 5 heteroatoms. The lowest BCUT2D eigenvalue weighted by Gasteiger charge is -2.31. The summed E-state index contributed by atoms with van der Waals surface area (Å²) in [5, 5.41) is 10.2. The van der Waals surface area contributed by atoms with Crippen LogP contribution >= 0.6 is 23.2 Å². The molecule has 18 heavy (non-hydrogen) atoms. The normalized spacial score (nSPS) is 12.6. The van der Waals surface area contributed by atoms with E-state index in [2.05, 4.69) is 0 Å². The molecule has 0 fully saturated rings. The fraction of sp³-hybridized carbons (Fsp3) is 0.462. The minimum absolute atomic E-state index is 0.141. The van der Waals surface area contributed by atoms with Crippen LogP contribution in [0.1, 0.15) is 20.8 Å². The molecule has 1 unspecified atom stereocenters. The van der Waals surface area contributed by atoms with Crippen molar-refractivity contribution < 1.29 is 9.90 Å². The number of hydrogen-bond donors (Lipinski definition) is 1. The first-order valence-electron chi connectivity index (χ1n) is 5.77. The van der Waals surface area contributed by atoms with E-state index < -0.39 is 11.9 Å². The average molecular weight is 290 g/mol. The van der Waals surface area contributed by atoms with Gasteiger partial charge in [0.15, 0.2) is 0 Å². The van der Waals surface area contributed by atoms with Crippen LogP contribution in [-0.2, 0) is 4.79 Å². The summed E-state index contributed by atoms with van der Waals surface area (Å²) in [5.74, 6) is -1.29. The lowest BCUT2D eigenvalue weighted by molar-refractivity contribution is -0.140. The Morgan fingerprint density at radius 2 is 1.94 bits per heavy atom. The third-order valence-corrected chi connectivity index (χ3v) is 3.29. The van der Waals surface area contributed by atoms with Crippen molar-refractivity contribution in [1.29, 1.82) is 0 Å². The third kappa shape index (κ3) is 3.79. The molecule has 0 heterocycles. The number of rotatable bonds is 5. The van der Waals surface area contributed by atoms with Gasteiger partial charge in [-0.3, -0.25) is 4.79 Å². The molecule has 0 aliphatic heterocycles. The predicted molar refractivity (Wildman–Crippen MR) is 75.7 cm³/mol. The summed E-state index contributed by atoms with van der Waals surface area (Å²) in [6, 6.07) is 5.34. The SMILES string of the molecule is CC(CN(c1cc(Cl)ccc1Cl)C(C)C)C(=O)O. The first-order chi connectivity index (χ1) is 8.32. The quantitative estimate of drug-likeness (QED) is 0.893. The maximum Gasteiger partial charge on any atom is 0.308 e. The summed E-state index contributed by atoms with van der Waals surface area (Å²) in [7, 11) is 0. The summed E-state index contributed by atoms with van der Waals surface area (Å²) in [6.07, 6.45) is 0. The highest BCUT2D eigenvalue weighted by atomic mass is 35.5. The largest absolute Gasteiger partial charge is 0.481 e. The molecule has 1 rings (SSSR count). The molecule has 0 aliphatic rings. The summed E-state index contributed by atoms with van der Waals surface area (Å²) in [5.41, 5.74) is 0.771. The van der Waals surface area contributed by atoms with E-state index in [4.69, 9.17) is 28.3 Å². The highest BCUT2D eigenvalue weighted by Crippen LogP contribution is 2.30. The van der Waals surface area contributed by atoms with E-state index in [1.54, 1.807) is 25.1 Å². The second-order valence-corrected chi connectivity index (χ2v) is 5.42. The average Bonchev–Trinajstić information content (AvgIpc) is 2.28. The Labute approximate surface area is 117 Å². The topological polar surface area (TPSA) is 40.5 Å². The van der Waals surface area contributed by atoms with E-state index in [0.29, 0.717) is 16.6 Å². The molecule has 1 atom stereocenters. The molecule has 3 nitrogen and oxygen atoms in total. The van der Waals surface area contributed by atoms with Gasteiger partial charge in [0.1, 0.15) is 0 Å². The first kappa shape index (κ1) is 15.1. The summed E-state index contributed by atoms with van der Waals surface area (Å²) in [6.45, 7) is 6.06. The van der Waals surface area contributed by atoms with Gasteiger partial charge in [-0.25, -0.2) is 0 Å². The van der Waals surface area contributed by atoms with Crippen molar-refractivity contribution in [3.8, 4) is 0 Å². The van der Waals surface area contributed by atoms with Crippen LogP contribution in [0.3, 0.4) is 0 Å². The molecule has 0 amide bonds. The number of carboxylic acids is 1. The Kier molecular flexibility index (Phi) is 5.29. The zero-order valence-electron chi connectivity index (χ0n) is 10.7. The molecule has 0 aromatic heterocycles. The van der Waals surface area contributed by atoms with Crippen LogP contribution in [-0.4, -0.2) is 23.7 Å². The highest BCUT2D eigenvalue weighted by Gasteiger charge is 2.20. The zero-order chi connectivity index (χ0) is 13.9. The smallest absolute Gasteiger partial charge is 0.308 e. The van der Waals surface area contributed by atoms with E-state index >= 15 is 0 Å². The van der Waals surface area contributed by atoms with Gasteiger partial charge in [-0.2, -0.15) is 0 Å². The van der Waals surface area contributed by atoms with Crippen LogP contribution in [0.2, 0.25) is 10.0 Å². The maximum atomic E-state index is 11.0. The summed E-state index contributed by atoms with van der Waals surface area (Å²) >= 11 is 12.1. The van der Waals surface area contributed by atoms with Crippen molar-refractivity contribution in [1.82, 2.24) is 0 Å². The van der Waals surface area contributed by atoms with Gasteiger partial charge in [0.2, 0.25) is 0 Å². The predicted octanol–water partition coefficient (Wildman–Crippen LogP) is 3.93. The molecular weight excluding hydrogens is 273 g/mol. The molecule has 1 aromatic rings. The molecule has 0 bridgehead atoms. The fourth-order valence-corrected chi connectivity index (χ4v) is 2.06. The molecule has 1 N–H and O–H groups in total. The van der Waals surface area contributed by atoms with Gasteiger partial charge in [-0.15, -0.1) is 0 Å². The summed E-state index contributed by atoms with van der Waals surface area (Å²) in [4.78, 5) is 12.9. The molecule has 1 aromatic carbocycles. The van der Waals surface area contributed by atoms with Crippen molar-refractivity contribution in [3.05, 3.63) is 28.2 Å². The van der Waals surface area contributed by atoms with E-state index in [1.165, 1.54) is 0 Å². The lowest BCUT2D eigenvalue weighted by Crippen LogP contribution is -2.37. The van der Waals surface area contributed by atoms with Crippen molar-refractivity contribution in [2.24, 2.45) is 5.92 Å². The molecule has 0 spiro atoms. The van der Waals surface area contributed by atoms with Gasteiger partial charge in [-0.05, 0) is 32.0 Å². The van der Waals surface area contributed by atoms with Gasteiger partial charge in [0.05, 0.1) is 16.6 Å². The maximum absolute atomic E-state index is 11.0. The minimum atomic E-state index is -0.821. The van der Waals surface area contributed by atoms with Crippen LogP contribution in [0, 0.1) is 5.92 Å². The van der Waals surface area contributed by atoms with Gasteiger partial charge in [-0.1, -0.05) is 30.1 Å². The molecule has 0 saturated heterocycles. The number of hydrogen-bond acceptors (Lipinski definition) is 2. The zero-order valence-corrected chi connectivity index (χ0v) is 12.2. The second kappa shape index (κ2) is 6.30. The van der Waals surface area contributed by atoms with Gasteiger partial charge in [0, 0.05) is 17.6 Å². The fourth-order valence-electron chi connectivity index (χ4n) is 1.67. The van der Waals surface area contributed by atoms with E-state index in [9.17, 15) is 4.79 Å². The standard InChI is InChI=1S/C13H17Cl2NO2/c1-8(2)16(7-9(3)13(17)18)12-6-10(14)4-5-11(12)15/h4-6,8-9H,7H2,1-3H3,(H,17,18). The van der Waals surface area contributed by atoms with E-state index in [0.717, 1.165) is 5.69 Å². The Morgan fingerprint density at radius 1 is 1.33 bits per heavy atom. The second-order valence-electron chi connectivity index (χ2n) is 4.58. The minimum Gasteiger partial charge on any atom is -0.481 e. The number of anilines is 1. The van der Waals surface area contributed by atoms with Crippen LogP contribution in [0.5, 0.6) is 0 Å². The molecule has 0 aliphatic carbocycles. The van der Waals surface area contributed by atoms with Crippen LogP contribution in [0.4, 0.5) is 5.69 Å². The Bertz CT molecular complexity index is 435. The number of nitrogens with zero attached hydrogens (tertiary/aromatic N) is 1. The molecular formula is C13H17Cl2NO2. The van der Waals surface area contributed by atoms with Crippen LogP contribution in [0.15, 0.2) is 18.2 Å². The number of benzene rings is 1. The van der Waals surface area contributed by atoms with E-state index in [-0.39, 0.29) is 6.04 Å². The van der Waals surface area contributed by atoms with Crippen molar-refractivity contribution in [3.63, 3.8) is 0 Å². The van der Waals surface area contributed by atoms with Gasteiger partial charge in [0.25, 0.3) is 0 Å². The first-order valence-corrected chi connectivity index (χ1v) is 6.53. The van der Waals surface area contributed by atoms with Crippen molar-refractivity contribution >= 4 is 34.9 Å². The summed E-state index contributed by atoms with van der Waals surface area (Å²) < 4.78 is 0. The van der Waals surface area contributed by atoms with Gasteiger partial charge >= 0.3 is 5.97 Å². The highest BCUT2D eigenvalue weighted by molar-refractivity contribution is 6.35. The monoisotopic (exact) mass is 289 g/mol. The van der Waals surface area contributed by atoms with Gasteiger partial charge < -0.3 is 10.0 Å². The number of halogens is 2. The van der Waals surface area contributed by atoms with Crippen LogP contribution in [0.25, 0.3) is 0 Å². The van der Waals surface area contributed by atoms with Crippen molar-refractivity contribution in [2.75, 3.05) is 11.4 Å². The Morgan fingerprint density at radius 3 is 2.44 bits per heavy atom. The lowest BCUT2D eigenvalue weighted by atomic mass is 10.1. The molecule has 0 saturated carbocycles. The number of aliphatic carboxylic acids is 1. The Hall–Kier alpha value is -0.930. The number of carboxylic acid groups (broad SMARTS) is 1. The molecule has 0 radical (unpaired) electrons. The number of carbonyl (C=O) groups is 1. The molecule has 100 valence electrons. The third-order valence-electron chi connectivity index (χ3n) is 2.73. The van der Waals surface area contributed by atoms with Crippen LogP contribution < -0.4 is 4.90 Å². The Balaban J connectivity index is 3.04.